The van der Waals surface area contributed by atoms with Gasteiger partial charge in [-0.15, -0.1) is 0 Å². The molecule has 1 aromatic rings. The Balaban J connectivity index is 3.12. The average molecular weight is 215 g/mol. The number of hydrogen-bond acceptors (Lipinski definition) is 3. The van der Waals surface area contributed by atoms with Gasteiger partial charge in [-0.3, -0.25) is 0 Å². The van der Waals surface area contributed by atoms with Crippen LogP contribution in [0.15, 0.2) is 12.3 Å². The summed E-state index contributed by atoms with van der Waals surface area (Å²) in [6.45, 7) is 2.71. The first-order valence-corrected chi connectivity index (χ1v) is 4.54. The fraction of sp³-hybridized carbons (Fsp3) is 0.333. The van der Waals surface area contributed by atoms with E-state index in [1.165, 1.54) is 12.3 Å². The molecule has 0 amide bonds. The number of aromatic nitrogens is 1. The Morgan fingerprint density at radius 1 is 1.71 bits per heavy atom. The van der Waals surface area contributed by atoms with Gasteiger partial charge in [-0.05, 0) is 13.0 Å². The highest BCUT2D eigenvalue weighted by Crippen LogP contribution is 2.19. The lowest BCUT2D eigenvalue weighted by Gasteiger charge is -2.15. The normalized spacial score (nSPS) is 9.93. The maximum atomic E-state index is 10.8. The highest BCUT2D eigenvalue weighted by Gasteiger charge is 2.11. The highest BCUT2D eigenvalue weighted by atomic mass is 35.5. The predicted octanol–water partition coefficient (Wildman–Crippen LogP) is 1.89. The van der Waals surface area contributed by atoms with E-state index in [9.17, 15) is 4.79 Å². The summed E-state index contributed by atoms with van der Waals surface area (Å²) in [6, 6.07) is 1.47. The zero-order valence-electron chi connectivity index (χ0n) is 7.99. The van der Waals surface area contributed by atoms with E-state index in [4.69, 9.17) is 16.7 Å². The minimum Gasteiger partial charge on any atom is -0.478 e. The van der Waals surface area contributed by atoms with Crippen molar-refractivity contribution in [3.05, 3.63) is 22.8 Å². The van der Waals surface area contributed by atoms with Crippen LogP contribution in [0.3, 0.4) is 0 Å². The molecule has 4 nitrogen and oxygen atoms in total. The number of rotatable bonds is 3. The molecule has 76 valence electrons. The van der Waals surface area contributed by atoms with Gasteiger partial charge >= 0.3 is 5.97 Å². The summed E-state index contributed by atoms with van der Waals surface area (Å²) >= 11 is 5.68. The second kappa shape index (κ2) is 4.28. The van der Waals surface area contributed by atoms with Crippen molar-refractivity contribution in [3.63, 3.8) is 0 Å². The fourth-order valence-electron chi connectivity index (χ4n) is 0.962. The van der Waals surface area contributed by atoms with Gasteiger partial charge in [-0.25, -0.2) is 9.78 Å². The number of hydrogen-bond donors (Lipinski definition) is 1. The average Bonchev–Trinajstić information content (AvgIpc) is 2.17. The van der Waals surface area contributed by atoms with E-state index in [2.05, 4.69) is 4.98 Å². The van der Waals surface area contributed by atoms with E-state index >= 15 is 0 Å². The molecule has 1 rings (SSSR count). The molecular weight excluding hydrogens is 204 g/mol. The third-order valence-electron chi connectivity index (χ3n) is 1.94. The van der Waals surface area contributed by atoms with Crippen LogP contribution in [0.2, 0.25) is 5.02 Å². The molecule has 0 atom stereocenters. The number of nitrogens with zero attached hydrogens (tertiary/aromatic N) is 2. The SMILES string of the molecule is CCN(C)c1cc(C(=O)O)c(Cl)cn1. The molecule has 0 aliphatic heterocycles. The number of carboxylic acids is 1. The minimum absolute atomic E-state index is 0.0805. The first kappa shape index (κ1) is 10.8. The van der Waals surface area contributed by atoms with Crippen LogP contribution in [-0.4, -0.2) is 29.7 Å². The number of carboxylic acid groups (broad SMARTS) is 1. The van der Waals surface area contributed by atoms with E-state index in [-0.39, 0.29) is 10.6 Å². The Morgan fingerprint density at radius 3 is 2.86 bits per heavy atom. The van der Waals surface area contributed by atoms with Crippen molar-refractivity contribution < 1.29 is 9.90 Å². The van der Waals surface area contributed by atoms with Crippen molar-refractivity contribution in [1.82, 2.24) is 4.98 Å². The van der Waals surface area contributed by atoms with Crippen molar-refractivity contribution in [3.8, 4) is 0 Å². The predicted molar refractivity (Wildman–Crippen MR) is 55.2 cm³/mol. The summed E-state index contributed by atoms with van der Waals surface area (Å²) < 4.78 is 0. The lowest BCUT2D eigenvalue weighted by atomic mass is 10.2. The molecule has 0 spiro atoms. The monoisotopic (exact) mass is 214 g/mol. The van der Waals surface area contributed by atoms with Crippen LogP contribution in [0.25, 0.3) is 0 Å². The summed E-state index contributed by atoms with van der Waals surface area (Å²) in [5, 5.41) is 8.97. The largest absolute Gasteiger partial charge is 0.478 e. The molecule has 1 N–H and O–H groups in total. The van der Waals surface area contributed by atoms with E-state index < -0.39 is 5.97 Å². The summed E-state index contributed by atoms with van der Waals surface area (Å²) in [6.07, 6.45) is 1.35. The molecule has 0 radical (unpaired) electrons. The van der Waals surface area contributed by atoms with Gasteiger partial charge in [-0.2, -0.15) is 0 Å². The zero-order valence-corrected chi connectivity index (χ0v) is 8.75. The standard InChI is InChI=1S/C9H11ClN2O2/c1-3-12(2)8-4-6(9(13)14)7(10)5-11-8/h4-5H,3H2,1-2H3,(H,13,14). The van der Waals surface area contributed by atoms with Gasteiger partial charge in [-0.1, -0.05) is 11.6 Å². The Morgan fingerprint density at radius 2 is 2.36 bits per heavy atom. The summed E-state index contributed by atoms with van der Waals surface area (Å²) in [5.74, 6) is -0.433. The molecule has 0 saturated carbocycles. The van der Waals surface area contributed by atoms with Crippen LogP contribution < -0.4 is 4.90 Å². The van der Waals surface area contributed by atoms with Gasteiger partial charge in [0.1, 0.15) is 5.82 Å². The molecule has 0 bridgehead atoms. The molecule has 0 fully saturated rings. The molecule has 0 saturated heterocycles. The van der Waals surface area contributed by atoms with Gasteiger partial charge in [0.2, 0.25) is 0 Å². The third kappa shape index (κ3) is 2.14. The van der Waals surface area contributed by atoms with Crippen LogP contribution in [0, 0.1) is 0 Å². The van der Waals surface area contributed by atoms with Crippen molar-refractivity contribution in [2.75, 3.05) is 18.5 Å². The van der Waals surface area contributed by atoms with E-state index in [0.717, 1.165) is 6.54 Å². The van der Waals surface area contributed by atoms with Crippen LogP contribution >= 0.6 is 11.6 Å². The van der Waals surface area contributed by atoms with Gasteiger partial charge in [0.05, 0.1) is 10.6 Å². The fourth-order valence-corrected chi connectivity index (χ4v) is 1.15. The molecule has 14 heavy (non-hydrogen) atoms. The van der Waals surface area contributed by atoms with E-state index in [0.29, 0.717) is 5.82 Å². The Hall–Kier alpha value is -1.29. The molecule has 1 heterocycles. The first-order chi connectivity index (χ1) is 6.56. The van der Waals surface area contributed by atoms with Gasteiger partial charge in [0.25, 0.3) is 0 Å². The van der Waals surface area contributed by atoms with Gasteiger partial charge < -0.3 is 10.0 Å². The number of pyridine rings is 1. The Kier molecular flexibility index (Phi) is 3.30. The van der Waals surface area contributed by atoms with Gasteiger partial charge in [0.15, 0.2) is 0 Å². The number of halogens is 1. The summed E-state index contributed by atoms with van der Waals surface area (Å²) in [5.41, 5.74) is 0.0805. The second-order valence-electron chi connectivity index (χ2n) is 2.84. The molecular formula is C9H11ClN2O2. The number of carbonyl (C=O) groups is 1. The third-order valence-corrected chi connectivity index (χ3v) is 2.24. The lowest BCUT2D eigenvalue weighted by Crippen LogP contribution is -2.17. The molecule has 1 aromatic heterocycles. The lowest BCUT2D eigenvalue weighted by molar-refractivity contribution is 0.0697. The van der Waals surface area contributed by atoms with E-state index in [1.807, 2.05) is 18.9 Å². The van der Waals surface area contributed by atoms with Crippen LogP contribution in [-0.2, 0) is 0 Å². The van der Waals surface area contributed by atoms with Crippen molar-refractivity contribution in [2.24, 2.45) is 0 Å². The van der Waals surface area contributed by atoms with Gasteiger partial charge in [0, 0.05) is 19.8 Å². The van der Waals surface area contributed by atoms with Crippen LogP contribution in [0.1, 0.15) is 17.3 Å². The number of anilines is 1. The second-order valence-corrected chi connectivity index (χ2v) is 3.25. The van der Waals surface area contributed by atoms with Crippen LogP contribution in [0.5, 0.6) is 0 Å². The quantitative estimate of drug-likeness (QED) is 0.835. The molecule has 0 aromatic carbocycles. The Labute approximate surface area is 87.1 Å². The molecule has 0 unspecified atom stereocenters. The molecule has 5 heteroatoms. The van der Waals surface area contributed by atoms with Crippen LogP contribution in [0.4, 0.5) is 5.82 Å². The van der Waals surface area contributed by atoms with Crippen molar-refractivity contribution in [1.29, 1.82) is 0 Å². The first-order valence-electron chi connectivity index (χ1n) is 4.16. The maximum absolute atomic E-state index is 10.8. The highest BCUT2D eigenvalue weighted by molar-refractivity contribution is 6.33. The smallest absolute Gasteiger partial charge is 0.337 e. The maximum Gasteiger partial charge on any atom is 0.337 e. The minimum atomic E-state index is -1.04. The van der Waals surface area contributed by atoms with Crippen molar-refractivity contribution >= 4 is 23.4 Å². The zero-order chi connectivity index (χ0) is 10.7. The Bertz CT molecular complexity index is 355. The topological polar surface area (TPSA) is 53.4 Å². The van der Waals surface area contributed by atoms with E-state index in [1.54, 1.807) is 0 Å². The summed E-state index contributed by atoms with van der Waals surface area (Å²) in [7, 11) is 1.84. The number of aromatic carboxylic acids is 1. The molecule has 0 aliphatic carbocycles. The summed E-state index contributed by atoms with van der Waals surface area (Å²) in [4.78, 5) is 16.6. The van der Waals surface area contributed by atoms with Crippen molar-refractivity contribution in [2.45, 2.75) is 6.92 Å². The molecule has 0 aliphatic rings.